The van der Waals surface area contributed by atoms with E-state index in [1.54, 1.807) is 12.1 Å². The maximum atomic E-state index is 13.4. The predicted molar refractivity (Wildman–Crippen MR) is 109 cm³/mol. The van der Waals surface area contributed by atoms with Crippen molar-refractivity contribution in [1.82, 2.24) is 14.7 Å². The summed E-state index contributed by atoms with van der Waals surface area (Å²) in [6.07, 6.45) is 5.16. The Hall–Kier alpha value is -2.50. The van der Waals surface area contributed by atoms with Crippen LogP contribution >= 0.6 is 0 Å². The maximum Gasteiger partial charge on any atom is 0.123 e. The normalized spacial score (nSPS) is 17.3. The molecule has 1 aliphatic heterocycles. The highest BCUT2D eigenvalue weighted by Gasteiger charge is 2.25. The number of rotatable bonds is 6. The van der Waals surface area contributed by atoms with Crippen molar-refractivity contribution in [2.75, 3.05) is 13.2 Å². The van der Waals surface area contributed by atoms with Gasteiger partial charge < -0.3 is 5.11 Å². The summed E-state index contributed by atoms with van der Waals surface area (Å²) >= 11 is 0. The third kappa shape index (κ3) is 4.01. The van der Waals surface area contributed by atoms with E-state index in [-0.39, 0.29) is 12.4 Å². The van der Waals surface area contributed by atoms with E-state index in [4.69, 9.17) is 5.10 Å². The second-order valence-electron chi connectivity index (χ2n) is 7.57. The van der Waals surface area contributed by atoms with Gasteiger partial charge in [-0.1, -0.05) is 17.7 Å². The molecule has 0 saturated carbocycles. The Bertz CT molecular complexity index is 918. The summed E-state index contributed by atoms with van der Waals surface area (Å²) < 4.78 is 15.3. The van der Waals surface area contributed by atoms with Crippen LogP contribution in [0.4, 0.5) is 4.39 Å². The largest absolute Gasteiger partial charge is 0.396 e. The van der Waals surface area contributed by atoms with Crippen LogP contribution in [0, 0.1) is 12.7 Å². The number of aliphatic hydroxyl groups is 1. The van der Waals surface area contributed by atoms with E-state index in [0.717, 1.165) is 54.9 Å². The fourth-order valence-corrected chi connectivity index (χ4v) is 4.00. The molecule has 0 aliphatic carbocycles. The smallest absolute Gasteiger partial charge is 0.123 e. The highest BCUT2D eigenvalue weighted by molar-refractivity contribution is 5.63. The van der Waals surface area contributed by atoms with Gasteiger partial charge in [0.1, 0.15) is 5.82 Å². The Morgan fingerprint density at radius 1 is 1.11 bits per heavy atom. The number of aliphatic hydroxyl groups excluding tert-OH is 1. The van der Waals surface area contributed by atoms with Gasteiger partial charge in [-0.05, 0) is 69.1 Å². The summed E-state index contributed by atoms with van der Waals surface area (Å²) in [5.41, 5.74) is 5.14. The molecule has 5 heteroatoms. The number of halogens is 1. The molecule has 1 saturated heterocycles. The zero-order valence-corrected chi connectivity index (χ0v) is 16.2. The summed E-state index contributed by atoms with van der Waals surface area (Å²) in [7, 11) is 0. The van der Waals surface area contributed by atoms with Gasteiger partial charge in [0.15, 0.2) is 0 Å². The molecule has 1 aromatic heterocycles. The van der Waals surface area contributed by atoms with Gasteiger partial charge in [0.2, 0.25) is 0 Å². The molecule has 2 aromatic carbocycles. The molecule has 4 nitrogen and oxygen atoms in total. The number of hydrogen-bond donors (Lipinski definition) is 1. The van der Waals surface area contributed by atoms with Crippen molar-refractivity contribution in [1.29, 1.82) is 0 Å². The molecule has 1 fully saturated rings. The topological polar surface area (TPSA) is 41.3 Å². The SMILES string of the molecule is Cc1ccc(-n2cc(CN3CCCC3CCO)c(-c3ccc(F)cc3)n2)cc1. The van der Waals surface area contributed by atoms with Crippen LogP contribution in [-0.4, -0.2) is 39.0 Å². The molecule has 1 aliphatic rings. The molecule has 1 unspecified atom stereocenters. The second kappa shape index (κ2) is 8.25. The molecule has 0 radical (unpaired) electrons. The molecule has 1 N–H and O–H groups in total. The standard InChI is InChI=1S/C23H26FN3O/c1-17-4-10-22(11-5-17)27-16-19(15-26-13-2-3-21(26)12-14-28)23(25-27)18-6-8-20(24)9-7-18/h4-11,16,21,28H,2-3,12-15H2,1H3. The van der Waals surface area contributed by atoms with Crippen molar-refractivity contribution in [2.45, 2.75) is 38.8 Å². The van der Waals surface area contributed by atoms with Gasteiger partial charge in [-0.2, -0.15) is 5.10 Å². The van der Waals surface area contributed by atoms with Crippen LogP contribution in [0.5, 0.6) is 0 Å². The highest BCUT2D eigenvalue weighted by Crippen LogP contribution is 2.29. The lowest BCUT2D eigenvalue weighted by atomic mass is 10.1. The third-order valence-corrected chi connectivity index (χ3v) is 5.54. The van der Waals surface area contributed by atoms with Crippen molar-refractivity contribution in [3.05, 3.63) is 71.7 Å². The highest BCUT2D eigenvalue weighted by atomic mass is 19.1. The van der Waals surface area contributed by atoms with Crippen LogP contribution < -0.4 is 0 Å². The van der Waals surface area contributed by atoms with E-state index in [1.807, 2.05) is 4.68 Å². The van der Waals surface area contributed by atoms with Crippen LogP contribution in [0.1, 0.15) is 30.4 Å². The van der Waals surface area contributed by atoms with Gasteiger partial charge in [0.05, 0.1) is 11.4 Å². The minimum Gasteiger partial charge on any atom is -0.396 e. The average Bonchev–Trinajstić information content (AvgIpc) is 3.31. The minimum absolute atomic E-state index is 0.217. The number of aromatic nitrogens is 2. The molecule has 146 valence electrons. The van der Waals surface area contributed by atoms with Crippen LogP contribution in [0.15, 0.2) is 54.7 Å². The summed E-state index contributed by atoms with van der Waals surface area (Å²) in [6.45, 7) is 4.10. The van der Waals surface area contributed by atoms with Gasteiger partial charge in [-0.15, -0.1) is 0 Å². The third-order valence-electron chi connectivity index (χ3n) is 5.54. The van der Waals surface area contributed by atoms with Crippen LogP contribution in [0.2, 0.25) is 0 Å². The molecule has 0 bridgehead atoms. The summed E-state index contributed by atoms with van der Waals surface area (Å²) in [5, 5.41) is 14.2. The molecule has 3 aromatic rings. The van der Waals surface area contributed by atoms with E-state index in [9.17, 15) is 9.50 Å². The van der Waals surface area contributed by atoms with Crippen molar-refractivity contribution in [3.8, 4) is 16.9 Å². The fraction of sp³-hybridized carbons (Fsp3) is 0.348. The molecular weight excluding hydrogens is 353 g/mol. The van der Waals surface area contributed by atoms with Crippen molar-refractivity contribution < 1.29 is 9.50 Å². The minimum atomic E-state index is -0.245. The van der Waals surface area contributed by atoms with Crippen LogP contribution in [0.3, 0.4) is 0 Å². The number of nitrogens with zero attached hydrogens (tertiary/aromatic N) is 3. The van der Waals surface area contributed by atoms with E-state index in [2.05, 4.69) is 42.3 Å². The van der Waals surface area contributed by atoms with Crippen molar-refractivity contribution in [2.24, 2.45) is 0 Å². The second-order valence-corrected chi connectivity index (χ2v) is 7.57. The van der Waals surface area contributed by atoms with Crippen molar-refractivity contribution >= 4 is 0 Å². The van der Waals surface area contributed by atoms with E-state index in [1.165, 1.54) is 17.7 Å². The maximum absolute atomic E-state index is 13.4. The quantitative estimate of drug-likeness (QED) is 0.693. The summed E-state index contributed by atoms with van der Waals surface area (Å²) in [4.78, 5) is 2.43. The van der Waals surface area contributed by atoms with E-state index < -0.39 is 0 Å². The first-order chi connectivity index (χ1) is 13.6. The van der Waals surface area contributed by atoms with Gasteiger partial charge >= 0.3 is 0 Å². The molecule has 1 atom stereocenters. The lowest BCUT2D eigenvalue weighted by Gasteiger charge is -2.23. The van der Waals surface area contributed by atoms with E-state index in [0.29, 0.717) is 6.04 Å². The molecular formula is C23H26FN3O. The van der Waals surface area contributed by atoms with Gasteiger partial charge in [0.25, 0.3) is 0 Å². The zero-order chi connectivity index (χ0) is 19.5. The summed E-state index contributed by atoms with van der Waals surface area (Å²) in [5.74, 6) is -0.245. The van der Waals surface area contributed by atoms with Crippen LogP contribution in [-0.2, 0) is 6.54 Å². The predicted octanol–water partition coefficient (Wildman–Crippen LogP) is 4.33. The van der Waals surface area contributed by atoms with Gasteiger partial charge in [0, 0.05) is 36.5 Å². The first-order valence-corrected chi connectivity index (χ1v) is 9.90. The Morgan fingerprint density at radius 3 is 2.57 bits per heavy atom. The fourth-order valence-electron chi connectivity index (χ4n) is 4.00. The van der Waals surface area contributed by atoms with Gasteiger partial charge in [-0.3, -0.25) is 4.90 Å². The Labute approximate surface area is 165 Å². The average molecular weight is 379 g/mol. The number of aryl methyl sites for hydroxylation is 1. The Morgan fingerprint density at radius 2 is 1.86 bits per heavy atom. The Kier molecular flexibility index (Phi) is 5.55. The van der Waals surface area contributed by atoms with Crippen molar-refractivity contribution in [3.63, 3.8) is 0 Å². The molecule has 0 spiro atoms. The molecule has 0 amide bonds. The van der Waals surface area contributed by atoms with Crippen LogP contribution in [0.25, 0.3) is 16.9 Å². The lowest BCUT2D eigenvalue weighted by molar-refractivity contribution is 0.190. The molecule has 2 heterocycles. The monoisotopic (exact) mass is 379 g/mol. The zero-order valence-electron chi connectivity index (χ0n) is 16.2. The first-order valence-electron chi connectivity index (χ1n) is 9.90. The lowest BCUT2D eigenvalue weighted by Crippen LogP contribution is -2.29. The van der Waals surface area contributed by atoms with E-state index >= 15 is 0 Å². The molecule has 4 rings (SSSR count). The first kappa shape index (κ1) is 18.8. The summed E-state index contributed by atoms with van der Waals surface area (Å²) in [6, 6.07) is 15.2. The number of benzene rings is 2. The Balaban J connectivity index is 1.70. The van der Waals surface area contributed by atoms with Gasteiger partial charge in [-0.25, -0.2) is 9.07 Å². The molecule has 28 heavy (non-hydrogen) atoms. The number of likely N-dealkylation sites (tertiary alicyclic amines) is 1. The number of hydrogen-bond acceptors (Lipinski definition) is 3.